The standard InChI is InChI=1S/C31H38N2O4/c1-31(2,3)37-30(35)32-20-13-21-33(23-26-16-9-5-10-17-26)28(22-25-14-7-4-8-15-25)29(34)36-24-27-18-11-6-12-19-27/h4-12,14-19,28H,13,20-24H2,1-3H3,(H,32,35)/t28-/m0/s1. The van der Waals surface area contributed by atoms with E-state index in [1.165, 1.54) is 0 Å². The highest BCUT2D eigenvalue weighted by molar-refractivity contribution is 5.76. The number of carbonyl (C=O) groups excluding carboxylic acids is 2. The lowest BCUT2D eigenvalue weighted by Gasteiger charge is -2.31. The SMILES string of the molecule is CC(C)(C)OC(=O)NCCCN(Cc1ccccc1)[C@@H](Cc1ccccc1)C(=O)OCc1ccccc1. The van der Waals surface area contributed by atoms with Gasteiger partial charge >= 0.3 is 12.1 Å². The predicted molar refractivity (Wildman–Crippen MR) is 146 cm³/mol. The van der Waals surface area contributed by atoms with Crippen molar-refractivity contribution in [2.75, 3.05) is 13.1 Å². The first-order valence-corrected chi connectivity index (χ1v) is 12.8. The quantitative estimate of drug-likeness (QED) is 0.252. The second-order valence-corrected chi connectivity index (χ2v) is 10.0. The fraction of sp³-hybridized carbons (Fsp3) is 0.355. The Morgan fingerprint density at radius 2 is 1.35 bits per heavy atom. The molecule has 0 aliphatic carbocycles. The molecule has 37 heavy (non-hydrogen) atoms. The van der Waals surface area contributed by atoms with Crippen LogP contribution in [0.25, 0.3) is 0 Å². The van der Waals surface area contributed by atoms with Crippen molar-refractivity contribution >= 4 is 12.1 Å². The zero-order valence-corrected chi connectivity index (χ0v) is 22.1. The molecular weight excluding hydrogens is 464 g/mol. The first-order chi connectivity index (χ1) is 17.8. The fourth-order valence-corrected chi connectivity index (χ4v) is 3.97. The van der Waals surface area contributed by atoms with Crippen molar-refractivity contribution in [3.05, 3.63) is 108 Å². The molecular formula is C31H38N2O4. The number of alkyl carbamates (subject to hydrolysis) is 1. The summed E-state index contributed by atoms with van der Waals surface area (Å²) in [6.07, 6.45) is 0.745. The van der Waals surface area contributed by atoms with Crippen LogP contribution < -0.4 is 5.32 Å². The maximum atomic E-state index is 13.5. The number of nitrogens with one attached hydrogen (secondary N) is 1. The fourth-order valence-electron chi connectivity index (χ4n) is 3.97. The molecule has 0 aliphatic rings. The summed E-state index contributed by atoms with van der Waals surface area (Å²) in [5.74, 6) is -0.260. The van der Waals surface area contributed by atoms with Crippen LogP contribution in [-0.4, -0.2) is 41.7 Å². The number of carbonyl (C=O) groups is 2. The molecule has 6 heteroatoms. The van der Waals surface area contributed by atoms with Gasteiger partial charge in [0.2, 0.25) is 0 Å². The van der Waals surface area contributed by atoms with Crippen LogP contribution in [0.5, 0.6) is 0 Å². The Morgan fingerprint density at radius 3 is 1.92 bits per heavy atom. The number of rotatable bonds is 12. The molecule has 0 fully saturated rings. The average molecular weight is 503 g/mol. The lowest BCUT2D eigenvalue weighted by atomic mass is 10.0. The molecule has 0 aromatic heterocycles. The minimum Gasteiger partial charge on any atom is -0.460 e. The summed E-state index contributed by atoms with van der Waals surface area (Å²) >= 11 is 0. The minimum atomic E-state index is -0.549. The molecule has 3 rings (SSSR count). The number of hydrogen-bond acceptors (Lipinski definition) is 5. The van der Waals surface area contributed by atoms with Crippen molar-refractivity contribution < 1.29 is 19.1 Å². The second-order valence-electron chi connectivity index (χ2n) is 10.0. The Bertz CT molecular complexity index is 1080. The first-order valence-electron chi connectivity index (χ1n) is 12.8. The molecule has 1 atom stereocenters. The van der Waals surface area contributed by atoms with Crippen LogP contribution in [-0.2, 0) is 33.8 Å². The maximum absolute atomic E-state index is 13.5. The Balaban J connectivity index is 1.74. The van der Waals surface area contributed by atoms with Gasteiger partial charge in [0.1, 0.15) is 18.2 Å². The molecule has 0 bridgehead atoms. The van der Waals surface area contributed by atoms with E-state index in [-0.39, 0.29) is 12.6 Å². The van der Waals surface area contributed by atoms with Crippen LogP contribution in [0.3, 0.4) is 0 Å². The van der Waals surface area contributed by atoms with Gasteiger partial charge in [-0.2, -0.15) is 0 Å². The molecule has 3 aromatic carbocycles. The molecule has 0 saturated heterocycles. The maximum Gasteiger partial charge on any atom is 0.407 e. The highest BCUT2D eigenvalue weighted by atomic mass is 16.6. The molecule has 1 amide bonds. The molecule has 0 heterocycles. The van der Waals surface area contributed by atoms with Crippen molar-refractivity contribution in [1.29, 1.82) is 0 Å². The van der Waals surface area contributed by atoms with Gasteiger partial charge in [0.15, 0.2) is 0 Å². The van der Waals surface area contributed by atoms with Crippen LogP contribution >= 0.6 is 0 Å². The monoisotopic (exact) mass is 502 g/mol. The van der Waals surface area contributed by atoms with Crippen LogP contribution in [0.1, 0.15) is 43.9 Å². The van der Waals surface area contributed by atoms with Crippen LogP contribution in [0, 0.1) is 0 Å². The van der Waals surface area contributed by atoms with Crippen molar-refractivity contribution in [2.45, 2.75) is 58.4 Å². The van der Waals surface area contributed by atoms with Crippen molar-refractivity contribution in [1.82, 2.24) is 10.2 Å². The Hall–Kier alpha value is -3.64. The molecule has 0 spiro atoms. The smallest absolute Gasteiger partial charge is 0.407 e. The third kappa shape index (κ3) is 10.5. The van der Waals surface area contributed by atoms with Gasteiger partial charge in [-0.1, -0.05) is 91.0 Å². The average Bonchev–Trinajstić information content (AvgIpc) is 2.88. The van der Waals surface area contributed by atoms with Gasteiger partial charge in [-0.25, -0.2) is 4.79 Å². The Kier molecular flexibility index (Phi) is 10.7. The summed E-state index contributed by atoms with van der Waals surface area (Å²) in [5.41, 5.74) is 2.57. The Labute approximate surface area is 220 Å². The van der Waals surface area contributed by atoms with Crippen LogP contribution in [0.4, 0.5) is 4.79 Å². The molecule has 0 aliphatic heterocycles. The van der Waals surface area contributed by atoms with E-state index in [2.05, 4.69) is 22.3 Å². The molecule has 0 radical (unpaired) electrons. The lowest BCUT2D eigenvalue weighted by Crippen LogP contribution is -2.44. The number of nitrogens with zero attached hydrogens (tertiary/aromatic N) is 1. The summed E-state index contributed by atoms with van der Waals surface area (Å²) in [7, 11) is 0. The van der Waals surface area contributed by atoms with Gasteiger partial charge in [0.05, 0.1) is 0 Å². The van der Waals surface area contributed by atoms with Crippen molar-refractivity contribution in [3.63, 3.8) is 0 Å². The van der Waals surface area contributed by atoms with Gasteiger partial charge in [0, 0.05) is 19.6 Å². The van der Waals surface area contributed by atoms with Gasteiger partial charge in [-0.15, -0.1) is 0 Å². The summed E-state index contributed by atoms with van der Waals surface area (Å²) in [6, 6.07) is 29.3. The van der Waals surface area contributed by atoms with Crippen molar-refractivity contribution in [2.24, 2.45) is 0 Å². The van der Waals surface area contributed by atoms with Gasteiger partial charge in [0.25, 0.3) is 0 Å². The largest absolute Gasteiger partial charge is 0.460 e. The zero-order valence-electron chi connectivity index (χ0n) is 22.1. The topological polar surface area (TPSA) is 67.9 Å². The van der Waals surface area contributed by atoms with E-state index >= 15 is 0 Å². The van der Waals surface area contributed by atoms with Crippen LogP contribution in [0.15, 0.2) is 91.0 Å². The van der Waals surface area contributed by atoms with Gasteiger partial charge in [-0.3, -0.25) is 9.69 Å². The van der Waals surface area contributed by atoms with Gasteiger partial charge in [-0.05, 0) is 50.3 Å². The normalized spacial score (nSPS) is 12.1. The molecule has 3 aromatic rings. The second kappa shape index (κ2) is 14.2. The van der Waals surface area contributed by atoms with E-state index in [1.807, 2.05) is 99.6 Å². The number of amides is 1. The molecule has 1 N–H and O–H groups in total. The number of ether oxygens (including phenoxy) is 2. The number of esters is 1. The first kappa shape index (κ1) is 27.9. The van der Waals surface area contributed by atoms with E-state index in [1.54, 1.807) is 0 Å². The van der Waals surface area contributed by atoms with Crippen LogP contribution in [0.2, 0.25) is 0 Å². The summed E-state index contributed by atoms with van der Waals surface area (Å²) in [5, 5.41) is 2.82. The molecule has 196 valence electrons. The van der Waals surface area contributed by atoms with E-state index < -0.39 is 17.7 Å². The summed E-state index contributed by atoms with van der Waals surface area (Å²) in [4.78, 5) is 27.7. The van der Waals surface area contributed by atoms with E-state index in [0.29, 0.717) is 32.5 Å². The highest BCUT2D eigenvalue weighted by Crippen LogP contribution is 2.17. The number of benzene rings is 3. The zero-order chi connectivity index (χ0) is 26.5. The third-order valence-electron chi connectivity index (χ3n) is 5.73. The predicted octanol–water partition coefficient (Wildman–Crippen LogP) is 5.76. The van der Waals surface area contributed by atoms with E-state index in [9.17, 15) is 9.59 Å². The van der Waals surface area contributed by atoms with Gasteiger partial charge < -0.3 is 14.8 Å². The Morgan fingerprint density at radius 1 is 0.811 bits per heavy atom. The molecule has 0 saturated carbocycles. The molecule has 0 unspecified atom stereocenters. The van der Waals surface area contributed by atoms with Crippen molar-refractivity contribution in [3.8, 4) is 0 Å². The summed E-state index contributed by atoms with van der Waals surface area (Å²) < 4.78 is 11.2. The van der Waals surface area contributed by atoms with E-state index in [0.717, 1.165) is 16.7 Å². The minimum absolute atomic E-state index is 0.227. The third-order valence-corrected chi connectivity index (χ3v) is 5.73. The lowest BCUT2D eigenvalue weighted by molar-refractivity contribution is -0.151. The molecule has 6 nitrogen and oxygen atoms in total. The van der Waals surface area contributed by atoms with E-state index in [4.69, 9.17) is 9.47 Å². The number of hydrogen-bond donors (Lipinski definition) is 1. The highest BCUT2D eigenvalue weighted by Gasteiger charge is 2.28. The summed E-state index contributed by atoms with van der Waals surface area (Å²) in [6.45, 7) is 7.37.